The second kappa shape index (κ2) is 5.10. The molecule has 30 heavy (non-hydrogen) atoms. The predicted octanol–water partition coefficient (Wildman–Crippen LogP) is 4.29. The van der Waals surface area contributed by atoms with Gasteiger partial charge in [-0.25, -0.2) is 0 Å². The van der Waals surface area contributed by atoms with Gasteiger partial charge < -0.3 is 19.1 Å². The van der Waals surface area contributed by atoms with E-state index in [1.54, 1.807) is 5.56 Å². The Hall–Kier alpha value is -1.10. The van der Waals surface area contributed by atoms with Crippen LogP contribution < -0.4 is 4.74 Å². The zero-order chi connectivity index (χ0) is 20.7. The van der Waals surface area contributed by atoms with E-state index in [2.05, 4.69) is 57.8 Å². The lowest BCUT2D eigenvalue weighted by molar-refractivity contribution is -0.389. The van der Waals surface area contributed by atoms with Gasteiger partial charge in [-0.3, -0.25) is 0 Å². The van der Waals surface area contributed by atoms with Crippen LogP contribution in [0, 0.1) is 16.7 Å². The fraction of sp³-hybridized carbons (Fsp3) is 0.769. The van der Waals surface area contributed by atoms with E-state index in [4.69, 9.17) is 14.2 Å². The highest BCUT2D eigenvalue weighted by atomic mass is 16.7. The highest BCUT2D eigenvalue weighted by Gasteiger charge is 2.83. The van der Waals surface area contributed by atoms with E-state index in [1.165, 1.54) is 24.8 Å². The van der Waals surface area contributed by atoms with Gasteiger partial charge in [0, 0.05) is 28.4 Å². The molecule has 4 heteroatoms. The molecule has 1 aromatic rings. The molecule has 0 amide bonds. The summed E-state index contributed by atoms with van der Waals surface area (Å²) in [6.07, 6.45) is 6.03. The van der Waals surface area contributed by atoms with Gasteiger partial charge in [-0.1, -0.05) is 32.9 Å². The Morgan fingerprint density at radius 2 is 1.93 bits per heavy atom. The second-order valence-corrected chi connectivity index (χ2v) is 12.3. The van der Waals surface area contributed by atoms with Gasteiger partial charge >= 0.3 is 0 Å². The van der Waals surface area contributed by atoms with E-state index in [-0.39, 0.29) is 33.6 Å². The molecule has 3 saturated carbocycles. The summed E-state index contributed by atoms with van der Waals surface area (Å²) in [4.78, 5) is 2.67. The van der Waals surface area contributed by atoms with Crippen molar-refractivity contribution in [1.82, 2.24) is 4.90 Å². The molecule has 3 spiro atoms. The normalized spacial score (nSPS) is 50.6. The molecular formula is C26H35NO3. The largest absolute Gasteiger partial charge is 0.486 e. The number of ether oxygens (including phenoxy) is 3. The maximum absolute atomic E-state index is 7.01. The van der Waals surface area contributed by atoms with Crippen LogP contribution >= 0.6 is 0 Å². The topological polar surface area (TPSA) is 30.9 Å². The van der Waals surface area contributed by atoms with Gasteiger partial charge in [-0.2, -0.15) is 0 Å². The van der Waals surface area contributed by atoms with E-state index in [9.17, 15) is 0 Å². The first kappa shape index (κ1) is 18.5. The Balaban J connectivity index is 1.52. The molecule has 7 aliphatic rings. The van der Waals surface area contributed by atoms with Crippen molar-refractivity contribution >= 4 is 0 Å². The SMILES string of the molecule is CN1CCC23c4c5cccc4OC2C24CCC3(CC2C(C)(C(C)(C)C)OCO4)C1C5. The Morgan fingerprint density at radius 1 is 1.10 bits per heavy atom. The zero-order valence-electron chi connectivity index (χ0n) is 19.1. The van der Waals surface area contributed by atoms with Crippen LogP contribution in [0.25, 0.3) is 0 Å². The first-order valence-corrected chi connectivity index (χ1v) is 12.0. The minimum Gasteiger partial charge on any atom is -0.486 e. The molecule has 0 radical (unpaired) electrons. The van der Waals surface area contributed by atoms with Crippen molar-refractivity contribution < 1.29 is 14.2 Å². The molecule has 5 fully saturated rings. The van der Waals surface area contributed by atoms with E-state index in [1.807, 2.05) is 0 Å². The molecule has 3 aliphatic heterocycles. The number of likely N-dealkylation sites (N-methyl/N-ethyl adjacent to an activating group) is 1. The van der Waals surface area contributed by atoms with Crippen LogP contribution in [-0.4, -0.2) is 48.6 Å². The molecule has 0 aromatic heterocycles. The third kappa shape index (κ3) is 1.64. The number of likely N-dealkylation sites (tertiary alicyclic amines) is 1. The summed E-state index contributed by atoms with van der Waals surface area (Å²) in [5.74, 6) is 1.51. The molecular weight excluding hydrogens is 374 g/mol. The van der Waals surface area contributed by atoms with Crippen molar-refractivity contribution in [3.63, 3.8) is 0 Å². The fourth-order valence-electron chi connectivity index (χ4n) is 9.29. The summed E-state index contributed by atoms with van der Waals surface area (Å²) in [7, 11) is 2.36. The standard InChI is InChI=1S/C26H35NO3/c1-22(2,3)23(4)18-14-24-9-10-26(18,29-15-28-23)21-25(24)11-12-27(5)19(24)13-16-7-6-8-17(30-21)20(16)25/h6-8,18-19,21H,9-15H2,1-5H3. The van der Waals surface area contributed by atoms with Gasteiger partial charge in [-0.05, 0) is 69.7 Å². The van der Waals surface area contributed by atoms with Crippen molar-refractivity contribution in [2.24, 2.45) is 16.7 Å². The quantitative estimate of drug-likeness (QED) is 0.640. The first-order chi connectivity index (χ1) is 14.2. The number of fused-ring (bicyclic) bond motifs is 1. The van der Waals surface area contributed by atoms with Gasteiger partial charge in [0.25, 0.3) is 0 Å². The summed E-state index contributed by atoms with van der Waals surface area (Å²) in [5.41, 5.74) is 3.05. The van der Waals surface area contributed by atoms with E-state index in [0.29, 0.717) is 18.8 Å². The number of piperidine rings is 1. The molecule has 8 rings (SSSR count). The summed E-state index contributed by atoms with van der Waals surface area (Å²) >= 11 is 0. The third-order valence-corrected chi connectivity index (χ3v) is 11.0. The summed E-state index contributed by atoms with van der Waals surface area (Å²) in [6.45, 7) is 10.9. The van der Waals surface area contributed by atoms with Crippen molar-refractivity contribution in [2.45, 2.75) is 88.6 Å². The smallest absolute Gasteiger partial charge is 0.148 e. The van der Waals surface area contributed by atoms with Crippen molar-refractivity contribution in [1.29, 1.82) is 0 Å². The summed E-state index contributed by atoms with van der Waals surface area (Å²) in [6, 6.07) is 7.39. The highest BCUT2D eigenvalue weighted by molar-refractivity contribution is 5.58. The average molecular weight is 410 g/mol. The molecule has 0 N–H and O–H groups in total. The van der Waals surface area contributed by atoms with Gasteiger partial charge in [0.05, 0.1) is 5.60 Å². The number of benzene rings is 1. The van der Waals surface area contributed by atoms with E-state index in [0.717, 1.165) is 25.1 Å². The highest BCUT2D eigenvalue weighted by Crippen LogP contribution is 2.78. The van der Waals surface area contributed by atoms with Crippen LogP contribution in [0.5, 0.6) is 5.75 Å². The van der Waals surface area contributed by atoms with Crippen LogP contribution in [0.3, 0.4) is 0 Å². The predicted molar refractivity (Wildman–Crippen MR) is 115 cm³/mol. The number of hydrogen-bond donors (Lipinski definition) is 0. The Morgan fingerprint density at radius 3 is 2.73 bits per heavy atom. The van der Waals surface area contributed by atoms with Crippen LogP contribution in [0.15, 0.2) is 18.2 Å². The van der Waals surface area contributed by atoms with Gasteiger partial charge in [0.15, 0.2) is 0 Å². The number of hydrogen-bond acceptors (Lipinski definition) is 4. The molecule has 4 nitrogen and oxygen atoms in total. The van der Waals surface area contributed by atoms with Crippen LogP contribution in [0.1, 0.15) is 64.5 Å². The fourth-order valence-corrected chi connectivity index (χ4v) is 9.29. The van der Waals surface area contributed by atoms with E-state index >= 15 is 0 Å². The van der Waals surface area contributed by atoms with Crippen LogP contribution in [-0.2, 0) is 21.3 Å². The molecule has 1 aromatic carbocycles. The summed E-state index contributed by atoms with van der Waals surface area (Å²) in [5, 5.41) is 0. The lowest BCUT2D eigenvalue weighted by atomic mass is 9.33. The van der Waals surface area contributed by atoms with Crippen molar-refractivity contribution in [2.75, 3.05) is 20.4 Å². The molecule has 7 unspecified atom stereocenters. The summed E-state index contributed by atoms with van der Waals surface area (Å²) < 4.78 is 20.3. The molecule has 2 saturated heterocycles. The Bertz CT molecular complexity index is 954. The van der Waals surface area contributed by atoms with Crippen molar-refractivity contribution in [3.8, 4) is 5.75 Å². The average Bonchev–Trinajstić information content (AvgIpc) is 3.06. The first-order valence-electron chi connectivity index (χ1n) is 12.0. The van der Waals surface area contributed by atoms with Crippen LogP contribution in [0.4, 0.5) is 0 Å². The second-order valence-electron chi connectivity index (χ2n) is 12.3. The zero-order valence-corrected chi connectivity index (χ0v) is 19.1. The molecule has 162 valence electrons. The third-order valence-electron chi connectivity index (χ3n) is 11.0. The lowest BCUT2D eigenvalue weighted by Crippen LogP contribution is -2.84. The molecule has 3 heterocycles. The maximum Gasteiger partial charge on any atom is 0.148 e. The molecule has 4 bridgehead atoms. The minimum absolute atomic E-state index is 0.0437. The van der Waals surface area contributed by atoms with Gasteiger partial charge in [0.2, 0.25) is 0 Å². The van der Waals surface area contributed by atoms with E-state index < -0.39 is 0 Å². The van der Waals surface area contributed by atoms with Gasteiger partial charge in [-0.15, -0.1) is 0 Å². The minimum atomic E-state index is -0.240. The Labute approximate surface area is 180 Å². The molecule has 4 aliphatic carbocycles. The lowest BCUT2D eigenvalue weighted by Gasteiger charge is -2.76. The molecule has 7 atom stereocenters. The maximum atomic E-state index is 7.01. The van der Waals surface area contributed by atoms with Crippen molar-refractivity contribution in [3.05, 3.63) is 29.3 Å². The number of rotatable bonds is 0. The monoisotopic (exact) mass is 409 g/mol. The number of nitrogens with zero attached hydrogens (tertiary/aromatic N) is 1. The van der Waals surface area contributed by atoms with Crippen LogP contribution in [0.2, 0.25) is 0 Å². The van der Waals surface area contributed by atoms with Gasteiger partial charge in [0.1, 0.15) is 24.2 Å². The Kier molecular flexibility index (Phi) is 3.14.